The van der Waals surface area contributed by atoms with E-state index in [1.807, 2.05) is 45.9 Å². The van der Waals surface area contributed by atoms with E-state index >= 15 is 0 Å². The molecule has 2 aromatic carbocycles. The van der Waals surface area contributed by atoms with Crippen LogP contribution in [0.15, 0.2) is 30.3 Å². The standard InChI is InChI=1S/C21H24N2O2/c1-12-9-14(3)20(15(4)10-12)22-17-11-19(24)23(21(17)25)18-8-6-7-13(2)16(18)5/h6-10,17,22H,11H2,1-5H3/t17-/m0/s1. The van der Waals surface area contributed by atoms with E-state index < -0.39 is 6.04 Å². The van der Waals surface area contributed by atoms with Crippen molar-refractivity contribution in [3.05, 3.63) is 58.1 Å². The highest BCUT2D eigenvalue weighted by atomic mass is 16.2. The number of aryl methyl sites for hydroxylation is 4. The van der Waals surface area contributed by atoms with E-state index in [0.29, 0.717) is 5.69 Å². The Morgan fingerprint density at radius 1 is 0.960 bits per heavy atom. The Balaban J connectivity index is 1.91. The average Bonchev–Trinajstić information content (AvgIpc) is 2.80. The SMILES string of the molecule is Cc1cc(C)c(N[C@H]2CC(=O)N(c3cccc(C)c3C)C2=O)c(C)c1. The lowest BCUT2D eigenvalue weighted by molar-refractivity contribution is -0.121. The summed E-state index contributed by atoms with van der Waals surface area (Å²) in [5, 5.41) is 3.31. The molecule has 1 N–H and O–H groups in total. The maximum absolute atomic E-state index is 12.9. The average molecular weight is 336 g/mol. The van der Waals surface area contributed by atoms with Gasteiger partial charge in [0.1, 0.15) is 6.04 Å². The molecule has 1 atom stereocenters. The number of hydrogen-bond acceptors (Lipinski definition) is 3. The van der Waals surface area contributed by atoms with E-state index in [1.54, 1.807) is 0 Å². The maximum Gasteiger partial charge on any atom is 0.256 e. The first-order valence-corrected chi connectivity index (χ1v) is 8.57. The molecular formula is C21H24N2O2. The molecule has 1 aliphatic heterocycles. The summed E-state index contributed by atoms with van der Waals surface area (Å²) in [7, 11) is 0. The fourth-order valence-corrected chi connectivity index (χ4v) is 3.56. The number of imide groups is 1. The van der Waals surface area contributed by atoms with Gasteiger partial charge in [0.05, 0.1) is 12.1 Å². The number of carbonyl (C=O) groups is 2. The Hall–Kier alpha value is -2.62. The summed E-state index contributed by atoms with van der Waals surface area (Å²) in [6.45, 7) is 10.0. The van der Waals surface area contributed by atoms with Gasteiger partial charge in [-0.3, -0.25) is 9.59 Å². The molecule has 1 saturated heterocycles. The summed E-state index contributed by atoms with van der Waals surface area (Å²) < 4.78 is 0. The maximum atomic E-state index is 12.9. The van der Waals surface area contributed by atoms with Crippen LogP contribution in [-0.4, -0.2) is 17.9 Å². The number of carbonyl (C=O) groups excluding carboxylic acids is 2. The zero-order chi connectivity index (χ0) is 18.3. The van der Waals surface area contributed by atoms with Crippen molar-refractivity contribution in [1.29, 1.82) is 0 Å². The molecule has 1 aliphatic rings. The minimum absolute atomic E-state index is 0.154. The quantitative estimate of drug-likeness (QED) is 0.863. The number of amides is 2. The Morgan fingerprint density at radius 3 is 2.24 bits per heavy atom. The van der Waals surface area contributed by atoms with Crippen molar-refractivity contribution in [3.63, 3.8) is 0 Å². The van der Waals surface area contributed by atoms with E-state index in [1.165, 1.54) is 10.5 Å². The smallest absolute Gasteiger partial charge is 0.256 e. The molecule has 0 radical (unpaired) electrons. The normalized spacial score (nSPS) is 17.3. The first-order valence-electron chi connectivity index (χ1n) is 8.57. The van der Waals surface area contributed by atoms with E-state index in [9.17, 15) is 9.59 Å². The van der Waals surface area contributed by atoms with Crippen molar-refractivity contribution in [3.8, 4) is 0 Å². The van der Waals surface area contributed by atoms with Gasteiger partial charge in [-0.15, -0.1) is 0 Å². The molecule has 1 heterocycles. The fourth-order valence-electron chi connectivity index (χ4n) is 3.56. The van der Waals surface area contributed by atoms with Gasteiger partial charge in [0.25, 0.3) is 5.91 Å². The van der Waals surface area contributed by atoms with Gasteiger partial charge in [-0.25, -0.2) is 4.90 Å². The molecule has 0 saturated carbocycles. The molecule has 1 fully saturated rings. The minimum Gasteiger partial charge on any atom is -0.373 e. The Morgan fingerprint density at radius 2 is 1.60 bits per heavy atom. The summed E-state index contributed by atoms with van der Waals surface area (Å²) in [5.41, 5.74) is 7.03. The lowest BCUT2D eigenvalue weighted by atomic mass is 10.0. The van der Waals surface area contributed by atoms with Crippen LogP contribution in [0.1, 0.15) is 34.2 Å². The molecule has 0 spiro atoms. The molecule has 2 aromatic rings. The van der Waals surface area contributed by atoms with Crippen molar-refractivity contribution < 1.29 is 9.59 Å². The van der Waals surface area contributed by atoms with Crippen molar-refractivity contribution in [2.45, 2.75) is 47.1 Å². The highest BCUT2D eigenvalue weighted by molar-refractivity contribution is 6.23. The van der Waals surface area contributed by atoms with Crippen LogP contribution >= 0.6 is 0 Å². The van der Waals surface area contributed by atoms with Gasteiger partial charge in [0, 0.05) is 5.69 Å². The van der Waals surface area contributed by atoms with Gasteiger partial charge in [-0.2, -0.15) is 0 Å². The Bertz CT molecular complexity index is 847. The second-order valence-corrected chi connectivity index (χ2v) is 6.96. The zero-order valence-electron chi connectivity index (χ0n) is 15.4. The fraction of sp³-hybridized carbons (Fsp3) is 0.333. The minimum atomic E-state index is -0.521. The third-order valence-corrected chi connectivity index (χ3v) is 4.96. The van der Waals surface area contributed by atoms with E-state index in [4.69, 9.17) is 0 Å². The monoisotopic (exact) mass is 336 g/mol. The summed E-state index contributed by atoms with van der Waals surface area (Å²) in [6.07, 6.45) is 0.180. The largest absolute Gasteiger partial charge is 0.373 e. The van der Waals surface area contributed by atoms with Crippen LogP contribution in [0.4, 0.5) is 11.4 Å². The van der Waals surface area contributed by atoms with Crippen LogP contribution in [0.3, 0.4) is 0 Å². The molecule has 3 rings (SSSR count). The van der Waals surface area contributed by atoms with Gasteiger partial charge < -0.3 is 5.32 Å². The third-order valence-electron chi connectivity index (χ3n) is 4.96. The number of benzene rings is 2. The Kier molecular flexibility index (Phi) is 4.38. The Labute approximate surface area is 148 Å². The van der Waals surface area contributed by atoms with Crippen molar-refractivity contribution in [1.82, 2.24) is 0 Å². The summed E-state index contributed by atoms with van der Waals surface area (Å²) in [6, 6.07) is 9.35. The van der Waals surface area contributed by atoms with Gasteiger partial charge >= 0.3 is 0 Å². The van der Waals surface area contributed by atoms with Gasteiger partial charge in [0.2, 0.25) is 5.91 Å². The first kappa shape index (κ1) is 17.2. The predicted molar refractivity (Wildman–Crippen MR) is 101 cm³/mol. The predicted octanol–water partition coefficient (Wildman–Crippen LogP) is 3.97. The molecule has 4 heteroatoms. The molecule has 0 aromatic heterocycles. The van der Waals surface area contributed by atoms with Crippen LogP contribution in [0.5, 0.6) is 0 Å². The summed E-state index contributed by atoms with van der Waals surface area (Å²) in [5.74, 6) is -0.336. The van der Waals surface area contributed by atoms with Crippen molar-refractivity contribution >= 4 is 23.2 Å². The van der Waals surface area contributed by atoms with E-state index in [0.717, 1.165) is 27.9 Å². The van der Waals surface area contributed by atoms with Crippen molar-refractivity contribution in [2.75, 3.05) is 10.2 Å². The van der Waals surface area contributed by atoms with Gasteiger partial charge in [0.15, 0.2) is 0 Å². The lowest BCUT2D eigenvalue weighted by Gasteiger charge is -2.20. The molecule has 2 amide bonds. The number of nitrogens with zero attached hydrogens (tertiary/aromatic N) is 1. The van der Waals surface area contributed by atoms with Crippen LogP contribution in [0.25, 0.3) is 0 Å². The summed E-state index contributed by atoms with van der Waals surface area (Å²) >= 11 is 0. The molecule has 0 unspecified atom stereocenters. The molecule has 130 valence electrons. The summed E-state index contributed by atoms with van der Waals surface area (Å²) in [4.78, 5) is 26.8. The third kappa shape index (κ3) is 3.04. The van der Waals surface area contributed by atoms with E-state index in [-0.39, 0.29) is 18.2 Å². The van der Waals surface area contributed by atoms with Gasteiger partial charge in [-0.1, -0.05) is 29.8 Å². The highest BCUT2D eigenvalue weighted by Crippen LogP contribution is 2.30. The van der Waals surface area contributed by atoms with Crippen molar-refractivity contribution in [2.24, 2.45) is 0 Å². The van der Waals surface area contributed by atoms with Crippen LogP contribution < -0.4 is 10.2 Å². The molecule has 4 nitrogen and oxygen atoms in total. The molecule has 25 heavy (non-hydrogen) atoms. The lowest BCUT2D eigenvalue weighted by Crippen LogP contribution is -2.35. The number of hydrogen-bond donors (Lipinski definition) is 1. The molecule has 0 bridgehead atoms. The molecular weight excluding hydrogens is 312 g/mol. The number of anilines is 2. The first-order chi connectivity index (χ1) is 11.8. The zero-order valence-corrected chi connectivity index (χ0v) is 15.4. The second kappa shape index (κ2) is 6.36. The molecule has 0 aliphatic carbocycles. The van der Waals surface area contributed by atoms with Crippen LogP contribution in [0.2, 0.25) is 0 Å². The number of nitrogens with one attached hydrogen (secondary N) is 1. The van der Waals surface area contributed by atoms with Gasteiger partial charge in [-0.05, 0) is 62.9 Å². The second-order valence-electron chi connectivity index (χ2n) is 6.96. The topological polar surface area (TPSA) is 49.4 Å². The number of rotatable bonds is 3. The van der Waals surface area contributed by atoms with Crippen LogP contribution in [-0.2, 0) is 9.59 Å². The van der Waals surface area contributed by atoms with Crippen LogP contribution in [0, 0.1) is 34.6 Å². The highest BCUT2D eigenvalue weighted by Gasteiger charge is 2.40. The van der Waals surface area contributed by atoms with E-state index in [2.05, 4.69) is 24.4 Å².